The highest BCUT2D eigenvalue weighted by Crippen LogP contribution is 2.32. The van der Waals surface area contributed by atoms with E-state index in [1.165, 1.54) is 0 Å². The van der Waals surface area contributed by atoms with E-state index >= 15 is 0 Å². The van der Waals surface area contributed by atoms with Crippen molar-refractivity contribution in [3.8, 4) is 11.5 Å². The smallest absolute Gasteiger partial charge is 0.247 e. The molecule has 0 aliphatic heterocycles. The van der Waals surface area contributed by atoms with Gasteiger partial charge in [-0.2, -0.15) is 0 Å². The highest BCUT2D eigenvalue weighted by atomic mass is 32.2. The molecule has 2 aromatic rings. The molecule has 1 fully saturated rings. The molecular formula is C19H26N2O3S. The Balaban J connectivity index is 1.45. The van der Waals surface area contributed by atoms with E-state index in [2.05, 4.69) is 10.2 Å². The van der Waals surface area contributed by atoms with Gasteiger partial charge in [0.2, 0.25) is 11.8 Å². The molecule has 3 rings (SSSR count). The Labute approximate surface area is 149 Å². The largest absolute Gasteiger partial charge is 0.421 e. The van der Waals surface area contributed by atoms with Gasteiger partial charge >= 0.3 is 0 Å². The Hall–Kier alpha value is -1.69. The molecule has 0 atom stereocenters. The van der Waals surface area contributed by atoms with Crippen LogP contribution in [-0.2, 0) is 16.3 Å². The molecule has 1 saturated carbocycles. The van der Waals surface area contributed by atoms with E-state index in [0.717, 1.165) is 44.1 Å². The van der Waals surface area contributed by atoms with Crippen molar-refractivity contribution in [2.24, 2.45) is 11.8 Å². The molecule has 1 heterocycles. The maximum Gasteiger partial charge on any atom is 0.247 e. The third kappa shape index (κ3) is 5.14. The van der Waals surface area contributed by atoms with Gasteiger partial charge in [-0.3, -0.25) is 0 Å². The first-order valence-electron chi connectivity index (χ1n) is 9.14. The number of rotatable bonds is 7. The Kier molecular flexibility index (Phi) is 5.89. The molecule has 1 aromatic carbocycles. The summed E-state index contributed by atoms with van der Waals surface area (Å²) in [5, 5.41) is 8.28. The monoisotopic (exact) mass is 362 g/mol. The van der Waals surface area contributed by atoms with Gasteiger partial charge in [0.05, 0.1) is 5.75 Å². The molecule has 0 radical (unpaired) electrons. The third-order valence-electron chi connectivity index (χ3n) is 5.15. The number of sulfone groups is 1. The molecule has 136 valence electrons. The van der Waals surface area contributed by atoms with Crippen molar-refractivity contribution in [2.75, 3.05) is 11.5 Å². The fraction of sp³-hybridized carbons (Fsp3) is 0.579. The molecule has 0 spiro atoms. The average Bonchev–Trinajstić information content (AvgIpc) is 3.11. The van der Waals surface area contributed by atoms with Crippen LogP contribution in [0.2, 0.25) is 0 Å². The number of hydrogen-bond acceptors (Lipinski definition) is 5. The van der Waals surface area contributed by atoms with Crippen molar-refractivity contribution in [1.82, 2.24) is 10.2 Å². The molecule has 0 N–H and O–H groups in total. The van der Waals surface area contributed by atoms with E-state index in [4.69, 9.17) is 4.42 Å². The van der Waals surface area contributed by atoms with Crippen LogP contribution in [0, 0.1) is 11.8 Å². The summed E-state index contributed by atoms with van der Waals surface area (Å²) >= 11 is 0. The third-order valence-corrected chi connectivity index (χ3v) is 7.01. The number of nitrogens with zero attached hydrogens (tertiary/aromatic N) is 2. The Morgan fingerprint density at radius 2 is 1.72 bits per heavy atom. The highest BCUT2D eigenvalue weighted by Gasteiger charge is 2.25. The molecule has 1 aliphatic rings. The Bertz CT molecular complexity index is 763. The predicted molar refractivity (Wildman–Crippen MR) is 97.8 cm³/mol. The lowest BCUT2D eigenvalue weighted by molar-refractivity contribution is 0.274. The summed E-state index contributed by atoms with van der Waals surface area (Å²) in [6, 6.07) is 9.79. The molecule has 25 heavy (non-hydrogen) atoms. The van der Waals surface area contributed by atoms with Crippen LogP contribution in [0.5, 0.6) is 0 Å². The fourth-order valence-electron chi connectivity index (χ4n) is 3.54. The first-order valence-corrected chi connectivity index (χ1v) is 11.0. The highest BCUT2D eigenvalue weighted by molar-refractivity contribution is 7.91. The van der Waals surface area contributed by atoms with Crippen LogP contribution in [0.3, 0.4) is 0 Å². The van der Waals surface area contributed by atoms with Gasteiger partial charge in [0.25, 0.3) is 0 Å². The average molecular weight is 362 g/mol. The van der Waals surface area contributed by atoms with Crippen molar-refractivity contribution < 1.29 is 12.8 Å². The van der Waals surface area contributed by atoms with E-state index in [9.17, 15) is 8.42 Å². The van der Waals surface area contributed by atoms with Crippen LogP contribution < -0.4 is 0 Å². The predicted octanol–water partition coefficient (Wildman–Crippen LogP) is 3.91. The quantitative estimate of drug-likeness (QED) is 0.746. The molecule has 1 aromatic heterocycles. The zero-order chi connectivity index (χ0) is 17.7. The second-order valence-corrected chi connectivity index (χ2v) is 9.39. The first kappa shape index (κ1) is 18.1. The maximum atomic E-state index is 11.8. The van der Waals surface area contributed by atoms with Crippen molar-refractivity contribution in [1.29, 1.82) is 0 Å². The normalized spacial score (nSPS) is 21.3. The number of aromatic nitrogens is 2. The van der Waals surface area contributed by atoms with Crippen molar-refractivity contribution in [3.63, 3.8) is 0 Å². The van der Waals surface area contributed by atoms with E-state index in [1.807, 2.05) is 30.3 Å². The van der Waals surface area contributed by atoms with Gasteiger partial charge in [-0.1, -0.05) is 38.0 Å². The maximum absolute atomic E-state index is 11.8. The summed E-state index contributed by atoms with van der Waals surface area (Å²) in [7, 11) is -2.85. The minimum Gasteiger partial charge on any atom is -0.421 e. The first-order chi connectivity index (χ1) is 12.1. The molecule has 0 saturated heterocycles. The lowest BCUT2D eigenvalue weighted by atomic mass is 9.81. The minimum absolute atomic E-state index is 0.258. The molecule has 6 heteroatoms. The summed E-state index contributed by atoms with van der Waals surface area (Å²) in [5.74, 6) is 2.86. The number of aryl methyl sites for hydroxylation is 1. The van der Waals surface area contributed by atoms with E-state index in [-0.39, 0.29) is 5.75 Å². The topological polar surface area (TPSA) is 73.1 Å². The van der Waals surface area contributed by atoms with Crippen LogP contribution in [0.4, 0.5) is 0 Å². The second-order valence-electron chi connectivity index (χ2n) is 6.99. The summed E-state index contributed by atoms with van der Waals surface area (Å²) in [5.41, 5.74) is 0.943. The molecule has 0 bridgehead atoms. The summed E-state index contributed by atoms with van der Waals surface area (Å²) in [4.78, 5) is 0. The van der Waals surface area contributed by atoms with Gasteiger partial charge < -0.3 is 4.42 Å². The molecule has 0 unspecified atom stereocenters. The van der Waals surface area contributed by atoms with Gasteiger partial charge in [0, 0.05) is 17.7 Å². The zero-order valence-electron chi connectivity index (χ0n) is 14.7. The Morgan fingerprint density at radius 1 is 1.04 bits per heavy atom. The van der Waals surface area contributed by atoms with Crippen LogP contribution in [0.25, 0.3) is 11.5 Å². The standard InChI is InChI=1S/C19H26N2O3S/c1-2-25(22,23)14-16-10-8-15(9-11-16)12-13-18-20-21-19(24-18)17-6-4-3-5-7-17/h3-7,15-16H,2,8-14H2,1H3. The van der Waals surface area contributed by atoms with Gasteiger partial charge in [0.1, 0.15) is 9.84 Å². The van der Waals surface area contributed by atoms with Gasteiger partial charge in [-0.25, -0.2) is 8.42 Å². The van der Waals surface area contributed by atoms with Crippen LogP contribution in [0.15, 0.2) is 34.7 Å². The molecule has 1 aliphatic carbocycles. The van der Waals surface area contributed by atoms with Crippen LogP contribution in [-0.4, -0.2) is 30.1 Å². The zero-order valence-corrected chi connectivity index (χ0v) is 15.5. The van der Waals surface area contributed by atoms with Crippen molar-refractivity contribution in [3.05, 3.63) is 36.2 Å². The lowest BCUT2D eigenvalue weighted by Gasteiger charge is -2.27. The van der Waals surface area contributed by atoms with Crippen molar-refractivity contribution >= 4 is 9.84 Å². The number of benzene rings is 1. The fourth-order valence-corrected chi connectivity index (χ4v) is 4.83. The van der Waals surface area contributed by atoms with E-state index in [0.29, 0.717) is 29.4 Å². The number of hydrogen-bond donors (Lipinski definition) is 0. The minimum atomic E-state index is -2.85. The summed E-state index contributed by atoms with van der Waals surface area (Å²) < 4.78 is 29.3. The van der Waals surface area contributed by atoms with Gasteiger partial charge in [0.15, 0.2) is 0 Å². The molecule has 5 nitrogen and oxygen atoms in total. The summed E-state index contributed by atoms with van der Waals surface area (Å²) in [6.07, 6.45) is 6.06. The van der Waals surface area contributed by atoms with Crippen molar-refractivity contribution in [2.45, 2.75) is 45.4 Å². The van der Waals surface area contributed by atoms with Crippen LogP contribution >= 0.6 is 0 Å². The van der Waals surface area contributed by atoms with Gasteiger partial charge in [-0.05, 0) is 43.2 Å². The second kappa shape index (κ2) is 8.13. The molecule has 0 amide bonds. The Morgan fingerprint density at radius 3 is 2.40 bits per heavy atom. The van der Waals surface area contributed by atoms with Crippen LogP contribution in [0.1, 0.15) is 44.9 Å². The van der Waals surface area contributed by atoms with E-state index in [1.54, 1.807) is 6.92 Å². The molecular weight excluding hydrogens is 336 g/mol. The summed E-state index contributed by atoms with van der Waals surface area (Å²) in [6.45, 7) is 1.73. The van der Waals surface area contributed by atoms with Gasteiger partial charge in [-0.15, -0.1) is 10.2 Å². The van der Waals surface area contributed by atoms with E-state index < -0.39 is 9.84 Å². The lowest BCUT2D eigenvalue weighted by Crippen LogP contribution is -2.23. The SMILES string of the molecule is CCS(=O)(=O)CC1CCC(CCc2nnc(-c3ccccc3)o2)CC1.